The molecule has 1 aromatic heterocycles. The van der Waals surface area contributed by atoms with E-state index >= 15 is 0 Å². The van der Waals surface area contributed by atoms with Gasteiger partial charge >= 0.3 is 0 Å². The first-order valence-corrected chi connectivity index (χ1v) is 6.05. The fourth-order valence-corrected chi connectivity index (χ4v) is 3.33. The Morgan fingerprint density at radius 1 is 1.54 bits per heavy atom. The molecular formula is C6H8ClN3O2S. The van der Waals surface area contributed by atoms with E-state index < -0.39 is 9.84 Å². The van der Waals surface area contributed by atoms with Crippen LogP contribution in [0.2, 0.25) is 5.28 Å². The molecule has 0 radical (unpaired) electrons. The average Bonchev–Trinajstić information content (AvgIpc) is 2.56. The van der Waals surface area contributed by atoms with E-state index in [1.54, 1.807) is 0 Å². The lowest BCUT2D eigenvalue weighted by atomic mass is 10.1. The quantitative estimate of drug-likeness (QED) is 0.743. The molecule has 2 heterocycles. The van der Waals surface area contributed by atoms with E-state index in [9.17, 15) is 8.42 Å². The van der Waals surface area contributed by atoms with Gasteiger partial charge in [0.2, 0.25) is 5.28 Å². The van der Waals surface area contributed by atoms with Crippen LogP contribution in [-0.4, -0.2) is 35.1 Å². The zero-order valence-electron chi connectivity index (χ0n) is 6.70. The van der Waals surface area contributed by atoms with Gasteiger partial charge in [0, 0.05) is 5.92 Å². The number of aromatic amines is 1. The highest BCUT2D eigenvalue weighted by Gasteiger charge is 2.31. The van der Waals surface area contributed by atoms with Gasteiger partial charge in [-0.05, 0) is 18.0 Å². The van der Waals surface area contributed by atoms with Crippen molar-refractivity contribution < 1.29 is 8.42 Å². The van der Waals surface area contributed by atoms with Gasteiger partial charge in [-0.1, -0.05) is 0 Å². The minimum Gasteiger partial charge on any atom is -0.261 e. The van der Waals surface area contributed by atoms with Crippen molar-refractivity contribution in [3.63, 3.8) is 0 Å². The monoisotopic (exact) mass is 221 g/mol. The minimum atomic E-state index is -2.87. The Labute approximate surface area is 80.4 Å². The Morgan fingerprint density at radius 2 is 2.31 bits per heavy atom. The number of sulfone groups is 1. The van der Waals surface area contributed by atoms with E-state index in [-0.39, 0.29) is 22.7 Å². The van der Waals surface area contributed by atoms with Crippen LogP contribution in [0, 0.1) is 0 Å². The molecule has 1 aromatic rings. The van der Waals surface area contributed by atoms with Gasteiger partial charge in [0.25, 0.3) is 0 Å². The van der Waals surface area contributed by atoms with E-state index in [0.29, 0.717) is 12.2 Å². The molecule has 1 aliphatic heterocycles. The summed E-state index contributed by atoms with van der Waals surface area (Å²) in [6.07, 6.45) is 0.605. The fourth-order valence-electron chi connectivity index (χ4n) is 1.45. The van der Waals surface area contributed by atoms with Crippen LogP contribution < -0.4 is 0 Å². The molecule has 2 rings (SSSR count). The highest BCUT2D eigenvalue weighted by Crippen LogP contribution is 2.26. The number of nitrogens with zero attached hydrogens (tertiary/aromatic N) is 2. The lowest BCUT2D eigenvalue weighted by Crippen LogP contribution is -2.05. The highest BCUT2D eigenvalue weighted by atomic mass is 35.5. The summed E-state index contributed by atoms with van der Waals surface area (Å²) in [5.41, 5.74) is 0. The summed E-state index contributed by atoms with van der Waals surface area (Å²) in [5.74, 6) is 0.894. The number of hydrogen-bond acceptors (Lipinski definition) is 4. The van der Waals surface area contributed by atoms with Gasteiger partial charge in [0.15, 0.2) is 9.84 Å². The molecule has 0 amide bonds. The standard InChI is InChI=1S/C6H8ClN3O2S/c7-6-8-5(9-10-6)4-1-2-13(11,12)3-4/h4H,1-3H2,(H,8,9,10). The van der Waals surface area contributed by atoms with Crippen LogP contribution in [0.5, 0.6) is 0 Å². The minimum absolute atomic E-state index is 0.0648. The molecule has 7 heteroatoms. The molecule has 1 saturated heterocycles. The van der Waals surface area contributed by atoms with Gasteiger partial charge < -0.3 is 0 Å². The average molecular weight is 222 g/mol. The largest absolute Gasteiger partial charge is 0.261 e. The summed E-state index contributed by atoms with van der Waals surface area (Å²) in [5, 5.41) is 6.41. The van der Waals surface area contributed by atoms with Crippen LogP contribution in [0.1, 0.15) is 18.2 Å². The summed E-state index contributed by atoms with van der Waals surface area (Å²) in [6, 6.07) is 0. The molecule has 1 aliphatic rings. The summed E-state index contributed by atoms with van der Waals surface area (Å²) in [7, 11) is -2.87. The Bertz CT molecular complexity index is 413. The normalized spacial score (nSPS) is 26.4. The molecule has 1 fully saturated rings. The van der Waals surface area contributed by atoms with Crippen molar-refractivity contribution in [2.45, 2.75) is 12.3 Å². The van der Waals surface area contributed by atoms with Crippen LogP contribution in [0.4, 0.5) is 0 Å². The summed E-state index contributed by atoms with van der Waals surface area (Å²) in [6.45, 7) is 0. The van der Waals surface area contributed by atoms with Crippen LogP contribution >= 0.6 is 11.6 Å². The molecule has 72 valence electrons. The molecule has 1 atom stereocenters. The lowest BCUT2D eigenvalue weighted by Gasteiger charge is -1.99. The summed E-state index contributed by atoms with van der Waals surface area (Å²) < 4.78 is 22.3. The third kappa shape index (κ3) is 1.83. The topological polar surface area (TPSA) is 75.7 Å². The SMILES string of the molecule is O=S1(=O)CCC(c2nc(Cl)n[nH]2)C1. The molecule has 0 spiro atoms. The van der Waals surface area contributed by atoms with E-state index in [0.717, 1.165) is 0 Å². The van der Waals surface area contributed by atoms with Crippen LogP contribution in [-0.2, 0) is 9.84 Å². The second kappa shape index (κ2) is 2.95. The van der Waals surface area contributed by atoms with Crippen molar-refractivity contribution in [1.29, 1.82) is 0 Å². The van der Waals surface area contributed by atoms with E-state index in [2.05, 4.69) is 15.2 Å². The molecule has 0 aliphatic carbocycles. The maximum Gasteiger partial charge on any atom is 0.242 e. The van der Waals surface area contributed by atoms with Crippen molar-refractivity contribution in [2.24, 2.45) is 0 Å². The number of nitrogens with one attached hydrogen (secondary N) is 1. The fraction of sp³-hybridized carbons (Fsp3) is 0.667. The van der Waals surface area contributed by atoms with Crippen molar-refractivity contribution in [1.82, 2.24) is 15.2 Å². The van der Waals surface area contributed by atoms with Gasteiger partial charge in [-0.15, -0.1) is 5.10 Å². The lowest BCUT2D eigenvalue weighted by molar-refractivity contribution is 0.601. The maximum atomic E-state index is 11.1. The Morgan fingerprint density at radius 3 is 2.77 bits per heavy atom. The van der Waals surface area contributed by atoms with Gasteiger partial charge in [0.1, 0.15) is 5.82 Å². The molecule has 1 N–H and O–H groups in total. The molecule has 1 unspecified atom stereocenters. The Balaban J connectivity index is 2.21. The summed E-state index contributed by atoms with van der Waals surface area (Å²) >= 11 is 5.51. The molecule has 0 bridgehead atoms. The number of aromatic nitrogens is 3. The predicted octanol–water partition coefficient (Wildman–Crippen LogP) is 0.360. The highest BCUT2D eigenvalue weighted by molar-refractivity contribution is 7.91. The maximum absolute atomic E-state index is 11.1. The van der Waals surface area contributed by atoms with Gasteiger partial charge in [-0.2, -0.15) is 0 Å². The van der Waals surface area contributed by atoms with Crippen LogP contribution in [0.3, 0.4) is 0 Å². The first-order valence-electron chi connectivity index (χ1n) is 3.85. The number of H-pyrrole nitrogens is 1. The second-order valence-electron chi connectivity index (χ2n) is 3.09. The third-order valence-corrected chi connectivity index (χ3v) is 4.03. The Hall–Kier alpha value is -0.620. The molecule has 0 aromatic carbocycles. The summed E-state index contributed by atoms with van der Waals surface area (Å²) in [4.78, 5) is 3.89. The van der Waals surface area contributed by atoms with Gasteiger partial charge in [-0.3, -0.25) is 5.10 Å². The van der Waals surface area contributed by atoms with E-state index in [1.165, 1.54) is 0 Å². The van der Waals surface area contributed by atoms with Crippen molar-refractivity contribution in [3.8, 4) is 0 Å². The Kier molecular flexibility index (Phi) is 2.03. The number of halogens is 1. The van der Waals surface area contributed by atoms with Crippen LogP contribution in [0.15, 0.2) is 0 Å². The van der Waals surface area contributed by atoms with Crippen LogP contribution in [0.25, 0.3) is 0 Å². The van der Waals surface area contributed by atoms with Gasteiger partial charge in [-0.25, -0.2) is 13.4 Å². The van der Waals surface area contributed by atoms with E-state index in [4.69, 9.17) is 11.6 Å². The van der Waals surface area contributed by atoms with Crippen molar-refractivity contribution in [3.05, 3.63) is 11.1 Å². The molecule has 13 heavy (non-hydrogen) atoms. The molecule has 5 nitrogen and oxygen atoms in total. The first kappa shape index (κ1) is 8.96. The zero-order valence-corrected chi connectivity index (χ0v) is 8.27. The predicted molar refractivity (Wildman–Crippen MR) is 47.4 cm³/mol. The zero-order chi connectivity index (χ0) is 9.47. The van der Waals surface area contributed by atoms with Crippen molar-refractivity contribution >= 4 is 21.4 Å². The first-order chi connectivity index (χ1) is 6.07. The smallest absolute Gasteiger partial charge is 0.242 e. The van der Waals surface area contributed by atoms with Gasteiger partial charge in [0.05, 0.1) is 11.5 Å². The number of hydrogen-bond donors (Lipinski definition) is 1. The third-order valence-electron chi connectivity index (χ3n) is 2.09. The van der Waals surface area contributed by atoms with Crippen molar-refractivity contribution in [2.75, 3.05) is 11.5 Å². The number of rotatable bonds is 1. The van der Waals surface area contributed by atoms with E-state index in [1.807, 2.05) is 0 Å². The molecule has 0 saturated carbocycles. The second-order valence-corrected chi connectivity index (χ2v) is 5.66. The molecular weight excluding hydrogens is 214 g/mol.